The number of hydrogen-bond donors (Lipinski definition) is 1. The summed E-state index contributed by atoms with van der Waals surface area (Å²) >= 11 is 0. The third-order valence-electron chi connectivity index (χ3n) is 4.38. The molecule has 1 aliphatic carbocycles. The van der Waals surface area contributed by atoms with Gasteiger partial charge >= 0.3 is 0 Å². The van der Waals surface area contributed by atoms with Crippen LogP contribution in [0.15, 0.2) is 11.6 Å². The fourth-order valence-corrected chi connectivity index (χ4v) is 2.91. The number of carbonyl (C=O) groups excluding carboxylic acids is 1. The molecule has 2 rings (SSSR count). The van der Waals surface area contributed by atoms with Gasteiger partial charge < -0.3 is 15.1 Å². The lowest BCUT2D eigenvalue weighted by molar-refractivity contribution is -0.132. The molecule has 1 fully saturated rings. The molecule has 114 valence electrons. The Bertz CT molecular complexity index is 333. The molecular formula is C16H29N3O. The molecule has 1 N–H and O–H groups in total. The Kier molecular flexibility index (Phi) is 6.54. The van der Waals surface area contributed by atoms with Crippen molar-refractivity contribution in [2.75, 3.05) is 46.3 Å². The van der Waals surface area contributed by atoms with Crippen LogP contribution < -0.4 is 5.32 Å². The molecule has 4 nitrogen and oxygen atoms in total. The molecule has 1 saturated heterocycles. The minimum atomic E-state index is 0.308. The first kappa shape index (κ1) is 15.5. The zero-order valence-electron chi connectivity index (χ0n) is 12.9. The van der Waals surface area contributed by atoms with E-state index in [9.17, 15) is 4.79 Å². The van der Waals surface area contributed by atoms with Crippen LogP contribution in [0.25, 0.3) is 0 Å². The first-order chi connectivity index (χ1) is 9.75. The molecular weight excluding hydrogens is 250 g/mol. The molecule has 0 spiro atoms. The fourth-order valence-electron chi connectivity index (χ4n) is 2.91. The summed E-state index contributed by atoms with van der Waals surface area (Å²) in [5.74, 6) is 0.308. The van der Waals surface area contributed by atoms with Gasteiger partial charge in [0.25, 0.3) is 0 Å². The maximum absolute atomic E-state index is 12.0. The second-order valence-electron chi connectivity index (χ2n) is 6.04. The second-order valence-corrected chi connectivity index (χ2v) is 6.04. The molecule has 0 unspecified atom stereocenters. The summed E-state index contributed by atoms with van der Waals surface area (Å²) in [6, 6.07) is 0. The van der Waals surface area contributed by atoms with Gasteiger partial charge in [-0.25, -0.2) is 0 Å². The van der Waals surface area contributed by atoms with Gasteiger partial charge in [0.1, 0.15) is 0 Å². The van der Waals surface area contributed by atoms with Gasteiger partial charge in [0, 0.05) is 39.1 Å². The number of rotatable bonds is 6. The molecule has 4 heteroatoms. The minimum absolute atomic E-state index is 0.308. The van der Waals surface area contributed by atoms with Crippen molar-refractivity contribution in [1.82, 2.24) is 15.1 Å². The lowest BCUT2D eigenvalue weighted by Gasteiger charge is -2.32. The summed E-state index contributed by atoms with van der Waals surface area (Å²) < 4.78 is 0. The van der Waals surface area contributed by atoms with Gasteiger partial charge in [0.2, 0.25) is 5.91 Å². The van der Waals surface area contributed by atoms with E-state index in [-0.39, 0.29) is 0 Å². The number of nitrogens with one attached hydrogen (secondary N) is 1. The first-order valence-electron chi connectivity index (χ1n) is 8.10. The Hall–Kier alpha value is -0.870. The van der Waals surface area contributed by atoms with Crippen molar-refractivity contribution in [3.63, 3.8) is 0 Å². The van der Waals surface area contributed by atoms with Crippen LogP contribution >= 0.6 is 0 Å². The highest BCUT2D eigenvalue weighted by Crippen LogP contribution is 2.19. The molecule has 0 saturated carbocycles. The van der Waals surface area contributed by atoms with Crippen LogP contribution in [0.4, 0.5) is 0 Å². The summed E-state index contributed by atoms with van der Waals surface area (Å²) in [5.41, 5.74) is 1.61. The van der Waals surface area contributed by atoms with E-state index in [0.29, 0.717) is 12.3 Å². The topological polar surface area (TPSA) is 35.6 Å². The van der Waals surface area contributed by atoms with Crippen LogP contribution in [0.1, 0.15) is 38.5 Å². The van der Waals surface area contributed by atoms with Gasteiger partial charge in [-0.15, -0.1) is 0 Å². The van der Waals surface area contributed by atoms with E-state index in [1.54, 1.807) is 5.57 Å². The number of carbonyl (C=O) groups is 1. The Labute approximate surface area is 123 Å². The van der Waals surface area contributed by atoms with Crippen LogP contribution in [0.2, 0.25) is 0 Å². The lowest BCUT2D eigenvalue weighted by atomic mass is 9.97. The highest BCUT2D eigenvalue weighted by molar-refractivity contribution is 5.76. The number of amides is 1. The predicted molar refractivity (Wildman–Crippen MR) is 82.7 cm³/mol. The van der Waals surface area contributed by atoms with Gasteiger partial charge in [0.15, 0.2) is 0 Å². The van der Waals surface area contributed by atoms with E-state index in [4.69, 9.17) is 0 Å². The van der Waals surface area contributed by atoms with E-state index in [0.717, 1.165) is 45.7 Å². The van der Waals surface area contributed by atoms with E-state index in [1.807, 2.05) is 4.90 Å². The first-order valence-corrected chi connectivity index (χ1v) is 8.10. The van der Waals surface area contributed by atoms with Gasteiger partial charge in [-0.05, 0) is 45.7 Å². The zero-order chi connectivity index (χ0) is 14.2. The molecule has 0 aromatic carbocycles. The maximum atomic E-state index is 12.0. The quantitative estimate of drug-likeness (QED) is 0.593. The fraction of sp³-hybridized carbons (Fsp3) is 0.812. The third-order valence-corrected chi connectivity index (χ3v) is 4.38. The summed E-state index contributed by atoms with van der Waals surface area (Å²) in [5, 5.41) is 3.41. The van der Waals surface area contributed by atoms with E-state index in [2.05, 4.69) is 23.3 Å². The SMILES string of the molecule is CN1CCN(C(=O)CCNCCC2=CCCCC2)CC1. The Morgan fingerprint density at radius 1 is 1.20 bits per heavy atom. The number of allylic oxidation sites excluding steroid dienone is 1. The van der Waals surface area contributed by atoms with Gasteiger partial charge in [-0.3, -0.25) is 4.79 Å². The van der Waals surface area contributed by atoms with Crippen molar-refractivity contribution < 1.29 is 4.79 Å². The van der Waals surface area contributed by atoms with Gasteiger partial charge in [0.05, 0.1) is 0 Å². The largest absolute Gasteiger partial charge is 0.340 e. The summed E-state index contributed by atoms with van der Waals surface area (Å²) in [7, 11) is 2.11. The number of likely N-dealkylation sites (N-methyl/N-ethyl adjacent to an activating group) is 1. The van der Waals surface area contributed by atoms with Crippen molar-refractivity contribution in [3.8, 4) is 0 Å². The Balaban J connectivity index is 1.52. The average molecular weight is 279 g/mol. The molecule has 0 bridgehead atoms. The summed E-state index contributed by atoms with van der Waals surface area (Å²) in [6.07, 6.45) is 9.45. The van der Waals surface area contributed by atoms with Gasteiger partial charge in [-0.2, -0.15) is 0 Å². The Morgan fingerprint density at radius 3 is 2.70 bits per heavy atom. The van der Waals surface area contributed by atoms with Crippen molar-refractivity contribution >= 4 is 5.91 Å². The predicted octanol–water partition coefficient (Wildman–Crippen LogP) is 1.63. The van der Waals surface area contributed by atoms with Crippen LogP contribution in [0.5, 0.6) is 0 Å². The molecule has 2 aliphatic rings. The monoisotopic (exact) mass is 279 g/mol. The lowest BCUT2D eigenvalue weighted by Crippen LogP contribution is -2.47. The van der Waals surface area contributed by atoms with E-state index in [1.165, 1.54) is 25.7 Å². The highest BCUT2D eigenvalue weighted by atomic mass is 16.2. The van der Waals surface area contributed by atoms with Crippen molar-refractivity contribution in [2.24, 2.45) is 0 Å². The minimum Gasteiger partial charge on any atom is -0.340 e. The van der Waals surface area contributed by atoms with Crippen LogP contribution in [0.3, 0.4) is 0 Å². The molecule has 0 aromatic heterocycles. The number of hydrogen-bond acceptors (Lipinski definition) is 3. The van der Waals surface area contributed by atoms with Crippen molar-refractivity contribution in [3.05, 3.63) is 11.6 Å². The molecule has 1 heterocycles. The summed E-state index contributed by atoms with van der Waals surface area (Å²) in [4.78, 5) is 16.3. The van der Waals surface area contributed by atoms with E-state index >= 15 is 0 Å². The summed E-state index contributed by atoms with van der Waals surface area (Å²) in [6.45, 7) is 5.63. The van der Waals surface area contributed by atoms with E-state index < -0.39 is 0 Å². The van der Waals surface area contributed by atoms with Crippen LogP contribution in [-0.2, 0) is 4.79 Å². The van der Waals surface area contributed by atoms with Crippen LogP contribution in [0, 0.1) is 0 Å². The standard InChI is InChI=1S/C16H29N3O/c1-18-11-13-19(14-12-18)16(20)8-10-17-9-7-15-5-3-2-4-6-15/h5,17H,2-4,6-14H2,1H3. The Morgan fingerprint density at radius 2 is 2.00 bits per heavy atom. The third kappa shape index (κ3) is 5.25. The molecule has 1 amide bonds. The maximum Gasteiger partial charge on any atom is 0.223 e. The number of nitrogens with zero attached hydrogens (tertiary/aromatic N) is 2. The smallest absolute Gasteiger partial charge is 0.223 e. The molecule has 0 atom stereocenters. The molecule has 1 aliphatic heterocycles. The molecule has 20 heavy (non-hydrogen) atoms. The molecule has 0 aromatic rings. The normalized spacial score (nSPS) is 20.9. The molecule has 0 radical (unpaired) electrons. The van der Waals surface area contributed by atoms with Gasteiger partial charge in [-0.1, -0.05) is 11.6 Å². The van der Waals surface area contributed by atoms with Crippen molar-refractivity contribution in [2.45, 2.75) is 38.5 Å². The number of piperazine rings is 1. The van der Waals surface area contributed by atoms with Crippen LogP contribution in [-0.4, -0.2) is 62.0 Å². The average Bonchev–Trinajstić information content (AvgIpc) is 2.48. The highest BCUT2D eigenvalue weighted by Gasteiger charge is 2.18. The zero-order valence-corrected chi connectivity index (χ0v) is 12.9. The van der Waals surface area contributed by atoms with Crippen molar-refractivity contribution in [1.29, 1.82) is 0 Å². The second kappa shape index (κ2) is 8.42.